The monoisotopic (exact) mass is 1480 g/mol. The third kappa shape index (κ3) is 55.9. The van der Waals surface area contributed by atoms with Crippen molar-refractivity contribution in [2.45, 2.75) is 453 Å². The Labute approximate surface area is 643 Å². The van der Waals surface area contributed by atoms with E-state index in [-0.39, 0.29) is 18.9 Å². The molecule has 0 radical (unpaired) electrons. The number of hydrogen-bond donors (Lipinski definition) is 9. The zero-order valence-corrected chi connectivity index (χ0v) is 67.2. The van der Waals surface area contributed by atoms with Gasteiger partial charge in [0.2, 0.25) is 5.91 Å². The van der Waals surface area contributed by atoms with Gasteiger partial charge in [-0.2, -0.15) is 0 Å². The topological polar surface area (TPSA) is 228 Å². The predicted octanol–water partition coefficient (Wildman–Crippen LogP) is 21.2. The summed E-state index contributed by atoms with van der Waals surface area (Å²) in [6.45, 7) is 2.71. The summed E-state index contributed by atoms with van der Waals surface area (Å²) < 4.78 is 22.9. The second kappa shape index (κ2) is 73.7. The van der Waals surface area contributed by atoms with E-state index >= 15 is 0 Å². The highest BCUT2D eigenvalue weighted by Gasteiger charge is 2.51. The van der Waals surface area contributed by atoms with Gasteiger partial charge in [-0.3, -0.25) is 4.79 Å². The van der Waals surface area contributed by atoms with Gasteiger partial charge in [0.15, 0.2) is 12.6 Å². The third-order valence-corrected chi connectivity index (χ3v) is 21.0. The van der Waals surface area contributed by atoms with E-state index in [0.717, 1.165) is 77.0 Å². The van der Waals surface area contributed by atoms with Gasteiger partial charge < -0.3 is 65.1 Å². The number of amides is 1. The van der Waals surface area contributed by atoms with E-state index in [9.17, 15) is 45.6 Å². The molecule has 2 saturated heterocycles. The number of carbonyl (C=O) groups excluding carboxylic acids is 1. The molecule has 0 aromatic carbocycles. The minimum absolute atomic E-state index is 0.248. The van der Waals surface area contributed by atoms with Crippen LogP contribution < -0.4 is 5.32 Å². The van der Waals surface area contributed by atoms with Gasteiger partial charge in [-0.1, -0.05) is 381 Å². The SMILES string of the molecule is CC/C=C\C/C=C\C/C=C\C/C=C\C/C=C\CCCCCCCCCCCCCCCCCCCCCCCCCC(=O)NC(COC1OC(CO)C(OC2OC(CO)C(O)C(O)C2O)C(O)C1O)C(O)/C=C/CC/C=C/CC/C=C/CCCCCCCCCCCCCCCCCCCCCCCC. The molecule has 0 aliphatic carbocycles. The summed E-state index contributed by atoms with van der Waals surface area (Å²) >= 11 is 0. The molecule has 14 nitrogen and oxygen atoms in total. The van der Waals surface area contributed by atoms with Crippen molar-refractivity contribution < 1.29 is 64.6 Å². The first-order valence-electron chi connectivity index (χ1n) is 44.0. The Kier molecular flexibility index (Phi) is 68.8. The molecule has 12 atom stereocenters. The molecule has 12 unspecified atom stereocenters. The Hall–Kier alpha value is -3.09. The maximum absolute atomic E-state index is 13.4. The van der Waals surface area contributed by atoms with Crippen molar-refractivity contribution in [3.63, 3.8) is 0 Å². The molecule has 610 valence electrons. The van der Waals surface area contributed by atoms with E-state index in [0.29, 0.717) is 12.8 Å². The first kappa shape index (κ1) is 98.0. The van der Waals surface area contributed by atoms with Crippen LogP contribution in [0.4, 0.5) is 0 Å². The Bertz CT molecular complexity index is 2140. The standard InChI is InChI=1S/C91H163NO13/c1-3-5-7-9-11-13-15-17-19-21-23-25-27-29-31-33-35-37-38-39-40-41-42-43-45-47-49-51-53-55-57-59-61-63-65-67-69-71-73-75-83(96)92-79(78-102-90-88(101)86(99)89(82(77-94)104-90)105-91-87(100)85(98)84(97)81(76-93)103-91)80(95)74-72-70-68-66-64-62-60-58-56-54-52-50-48-46-44-36-34-32-30-28-26-24-22-20-18-16-14-12-10-8-6-4-2/h5,7,11,13,17,19,23,25,29,31,56,58,64,66,72,74,79-82,84-91,93-95,97-101H,3-4,6,8-10,12,14-16,18,20-22,24,26-28,30,32-55,57,59-63,65,67-71,73,75-78H2,1-2H3,(H,92,96)/b7-5-,13-11-,19-17-,25-23-,31-29-,58-56+,66-64+,74-72+. The van der Waals surface area contributed by atoms with E-state index < -0.39 is 86.8 Å². The molecule has 9 N–H and O–H groups in total. The minimum atomic E-state index is -1.80. The fraction of sp³-hybridized carbons (Fsp3) is 0.813. The second-order valence-electron chi connectivity index (χ2n) is 30.6. The Morgan fingerprint density at radius 2 is 0.667 bits per heavy atom. The van der Waals surface area contributed by atoms with E-state index in [1.165, 1.54) is 270 Å². The normalized spacial score (nSPS) is 21.8. The molecule has 2 fully saturated rings. The maximum Gasteiger partial charge on any atom is 0.220 e. The zero-order chi connectivity index (χ0) is 75.8. The molecule has 0 bridgehead atoms. The van der Waals surface area contributed by atoms with Crippen molar-refractivity contribution in [1.82, 2.24) is 5.32 Å². The van der Waals surface area contributed by atoms with E-state index in [1.807, 2.05) is 6.08 Å². The summed E-state index contributed by atoms with van der Waals surface area (Å²) in [4.78, 5) is 13.4. The molecule has 0 aromatic heterocycles. The zero-order valence-electron chi connectivity index (χ0n) is 67.2. The molecular weight excluding hydrogens is 1310 g/mol. The summed E-state index contributed by atoms with van der Waals surface area (Å²) in [7, 11) is 0. The van der Waals surface area contributed by atoms with E-state index in [4.69, 9.17) is 18.9 Å². The van der Waals surface area contributed by atoms with Gasteiger partial charge in [-0.25, -0.2) is 0 Å². The molecular formula is C91H163NO13. The van der Waals surface area contributed by atoms with Gasteiger partial charge in [0.25, 0.3) is 0 Å². The number of aliphatic hydroxyl groups excluding tert-OH is 8. The summed E-state index contributed by atoms with van der Waals surface area (Å²) in [5.41, 5.74) is 0. The number of aliphatic hydroxyl groups is 8. The summed E-state index contributed by atoms with van der Waals surface area (Å²) in [5.74, 6) is -0.248. The summed E-state index contributed by atoms with van der Waals surface area (Å²) in [6.07, 6.45) is 89.5. The number of ether oxygens (including phenoxy) is 4. The average molecular weight is 1480 g/mol. The van der Waals surface area contributed by atoms with Gasteiger partial charge in [0.05, 0.1) is 32.0 Å². The Balaban J connectivity index is 1.59. The number of hydrogen-bond acceptors (Lipinski definition) is 13. The fourth-order valence-corrected chi connectivity index (χ4v) is 14.1. The van der Waals surface area contributed by atoms with Crippen LogP contribution in [0.2, 0.25) is 0 Å². The lowest BCUT2D eigenvalue weighted by Gasteiger charge is -2.46. The van der Waals surface area contributed by atoms with Crippen molar-refractivity contribution in [3.05, 3.63) is 97.2 Å². The lowest BCUT2D eigenvalue weighted by Crippen LogP contribution is -2.65. The maximum atomic E-state index is 13.4. The Morgan fingerprint density at radius 3 is 1.05 bits per heavy atom. The van der Waals surface area contributed by atoms with Crippen LogP contribution in [0.25, 0.3) is 0 Å². The lowest BCUT2D eigenvalue weighted by atomic mass is 9.97. The number of carbonyl (C=O) groups is 1. The molecule has 2 aliphatic rings. The number of rotatable bonds is 74. The van der Waals surface area contributed by atoms with Gasteiger partial charge in [-0.05, 0) is 89.9 Å². The Morgan fingerprint density at radius 1 is 0.352 bits per heavy atom. The fourth-order valence-electron chi connectivity index (χ4n) is 14.1. The molecule has 2 rings (SSSR count). The summed E-state index contributed by atoms with van der Waals surface area (Å²) in [6, 6.07) is -0.943. The molecule has 2 heterocycles. The number of allylic oxidation sites excluding steroid dienone is 15. The number of unbranched alkanes of at least 4 members (excludes halogenated alkanes) is 47. The highest BCUT2D eigenvalue weighted by Crippen LogP contribution is 2.30. The first-order valence-corrected chi connectivity index (χ1v) is 44.0. The van der Waals surface area contributed by atoms with Crippen molar-refractivity contribution in [3.8, 4) is 0 Å². The minimum Gasteiger partial charge on any atom is -0.394 e. The first-order chi connectivity index (χ1) is 51.6. The molecule has 14 heteroatoms. The largest absolute Gasteiger partial charge is 0.394 e. The van der Waals surface area contributed by atoms with Gasteiger partial charge >= 0.3 is 0 Å². The van der Waals surface area contributed by atoms with Crippen molar-refractivity contribution in [2.24, 2.45) is 0 Å². The lowest BCUT2D eigenvalue weighted by molar-refractivity contribution is -0.359. The van der Waals surface area contributed by atoms with Crippen molar-refractivity contribution in [1.29, 1.82) is 0 Å². The highest BCUT2D eigenvalue weighted by molar-refractivity contribution is 5.76. The molecule has 0 aromatic rings. The van der Waals surface area contributed by atoms with Crippen molar-refractivity contribution >= 4 is 5.91 Å². The summed E-state index contributed by atoms with van der Waals surface area (Å²) in [5, 5.41) is 87.8. The highest BCUT2D eigenvalue weighted by atomic mass is 16.7. The van der Waals surface area contributed by atoms with E-state index in [2.05, 4.69) is 104 Å². The average Bonchev–Trinajstić information content (AvgIpc) is 0.789. The van der Waals surface area contributed by atoms with Crippen LogP contribution in [-0.2, 0) is 23.7 Å². The third-order valence-electron chi connectivity index (χ3n) is 21.0. The molecule has 1 amide bonds. The molecule has 0 saturated carbocycles. The van der Waals surface area contributed by atoms with Gasteiger partial charge in [0.1, 0.15) is 48.8 Å². The smallest absolute Gasteiger partial charge is 0.220 e. The van der Waals surface area contributed by atoms with Gasteiger partial charge in [0, 0.05) is 6.42 Å². The van der Waals surface area contributed by atoms with Crippen LogP contribution in [0, 0.1) is 0 Å². The van der Waals surface area contributed by atoms with Crippen LogP contribution in [-0.4, -0.2) is 140 Å². The molecule has 0 spiro atoms. The molecule has 2 aliphatic heterocycles. The van der Waals surface area contributed by atoms with Crippen LogP contribution in [0.15, 0.2) is 97.2 Å². The van der Waals surface area contributed by atoms with Crippen LogP contribution in [0.3, 0.4) is 0 Å². The van der Waals surface area contributed by atoms with E-state index in [1.54, 1.807) is 6.08 Å². The molecule has 105 heavy (non-hydrogen) atoms. The van der Waals surface area contributed by atoms with Crippen LogP contribution in [0.1, 0.15) is 380 Å². The predicted molar refractivity (Wildman–Crippen MR) is 438 cm³/mol. The van der Waals surface area contributed by atoms with Gasteiger partial charge in [-0.15, -0.1) is 0 Å². The second-order valence-corrected chi connectivity index (χ2v) is 30.6. The van der Waals surface area contributed by atoms with Crippen LogP contribution in [0.5, 0.6) is 0 Å². The van der Waals surface area contributed by atoms with Crippen LogP contribution >= 0.6 is 0 Å². The van der Waals surface area contributed by atoms with Crippen molar-refractivity contribution in [2.75, 3.05) is 19.8 Å². The number of nitrogens with one attached hydrogen (secondary N) is 1. The quantitative estimate of drug-likeness (QED) is 0.0204.